The highest BCUT2D eigenvalue weighted by molar-refractivity contribution is 9.10. The molecule has 2 aromatic rings. The van der Waals surface area contributed by atoms with E-state index in [9.17, 15) is 4.79 Å². The molecule has 0 fully saturated rings. The van der Waals surface area contributed by atoms with Gasteiger partial charge in [-0.2, -0.15) is 0 Å². The summed E-state index contributed by atoms with van der Waals surface area (Å²) in [5, 5.41) is 6.07. The highest BCUT2D eigenvalue weighted by Crippen LogP contribution is 2.25. The molecule has 1 aromatic carbocycles. The van der Waals surface area contributed by atoms with Crippen LogP contribution in [0.4, 0.5) is 11.6 Å². The average molecular weight is 391 g/mol. The summed E-state index contributed by atoms with van der Waals surface area (Å²) in [7, 11) is 0. The molecule has 0 aliphatic heterocycles. The van der Waals surface area contributed by atoms with Crippen LogP contribution in [0.3, 0.4) is 0 Å². The number of carbonyl (C=O) groups is 1. The number of aromatic nitrogens is 2. The van der Waals surface area contributed by atoms with Gasteiger partial charge in [-0.3, -0.25) is 4.79 Å². The number of anilines is 2. The first kappa shape index (κ1) is 18.4. The topological polar surface area (TPSA) is 66.9 Å². The second-order valence-electron chi connectivity index (χ2n) is 5.79. The summed E-state index contributed by atoms with van der Waals surface area (Å²) in [6.45, 7) is 6.68. The van der Waals surface area contributed by atoms with Gasteiger partial charge in [-0.15, -0.1) is 0 Å². The summed E-state index contributed by atoms with van der Waals surface area (Å²) < 4.78 is 0.929. The number of amides is 1. The van der Waals surface area contributed by atoms with E-state index in [1.165, 1.54) is 0 Å². The van der Waals surface area contributed by atoms with E-state index < -0.39 is 0 Å². The molecule has 5 nitrogen and oxygen atoms in total. The van der Waals surface area contributed by atoms with Gasteiger partial charge < -0.3 is 10.6 Å². The normalized spacial score (nSPS) is 10.5. The van der Waals surface area contributed by atoms with Crippen LogP contribution >= 0.6 is 15.9 Å². The van der Waals surface area contributed by atoms with E-state index in [4.69, 9.17) is 0 Å². The summed E-state index contributed by atoms with van der Waals surface area (Å²) in [6, 6.07) is 7.67. The van der Waals surface area contributed by atoms with Gasteiger partial charge in [-0.1, -0.05) is 25.8 Å². The Morgan fingerprint density at radius 3 is 2.67 bits per heavy atom. The quantitative estimate of drug-likeness (QED) is 0.681. The number of hydrogen-bond acceptors (Lipinski definition) is 4. The minimum Gasteiger partial charge on any atom is -0.351 e. The number of benzene rings is 1. The van der Waals surface area contributed by atoms with Crippen molar-refractivity contribution >= 4 is 33.5 Å². The Morgan fingerprint density at radius 2 is 1.96 bits per heavy atom. The third-order valence-corrected chi connectivity index (χ3v) is 4.18. The van der Waals surface area contributed by atoms with Crippen molar-refractivity contribution in [3.8, 4) is 0 Å². The third kappa shape index (κ3) is 5.30. The van der Waals surface area contributed by atoms with Crippen LogP contribution in [0.2, 0.25) is 0 Å². The Hall–Kier alpha value is -1.95. The van der Waals surface area contributed by atoms with Crippen LogP contribution in [0.1, 0.15) is 47.9 Å². The molecular formula is C18H23BrN4O. The summed E-state index contributed by atoms with van der Waals surface area (Å²) >= 11 is 3.52. The van der Waals surface area contributed by atoms with Crippen molar-refractivity contribution in [2.75, 3.05) is 11.9 Å². The SMILES string of the molecule is CCCCCNC(=O)c1cc(C)nc(Nc2ccc(C)cc2Br)n1. The molecule has 2 rings (SSSR count). The lowest BCUT2D eigenvalue weighted by atomic mass is 10.2. The first-order valence-corrected chi connectivity index (χ1v) is 8.96. The van der Waals surface area contributed by atoms with Crippen molar-refractivity contribution in [1.82, 2.24) is 15.3 Å². The maximum atomic E-state index is 12.2. The van der Waals surface area contributed by atoms with Crippen molar-refractivity contribution < 1.29 is 4.79 Å². The molecule has 6 heteroatoms. The van der Waals surface area contributed by atoms with Gasteiger partial charge >= 0.3 is 0 Å². The minimum absolute atomic E-state index is 0.164. The Labute approximate surface area is 151 Å². The Kier molecular flexibility index (Phi) is 6.73. The van der Waals surface area contributed by atoms with E-state index in [0.29, 0.717) is 18.2 Å². The first-order chi connectivity index (χ1) is 11.5. The molecule has 0 spiro atoms. The molecule has 1 amide bonds. The molecule has 0 aliphatic carbocycles. The van der Waals surface area contributed by atoms with Crippen LogP contribution in [0, 0.1) is 13.8 Å². The van der Waals surface area contributed by atoms with Crippen molar-refractivity contribution in [3.05, 3.63) is 45.7 Å². The molecule has 0 atom stereocenters. The summed E-state index contributed by atoms with van der Waals surface area (Å²) in [6.07, 6.45) is 3.22. The summed E-state index contributed by atoms with van der Waals surface area (Å²) in [5.74, 6) is 0.251. The monoisotopic (exact) mass is 390 g/mol. The number of halogens is 1. The van der Waals surface area contributed by atoms with E-state index in [2.05, 4.69) is 43.5 Å². The number of nitrogens with one attached hydrogen (secondary N) is 2. The molecule has 24 heavy (non-hydrogen) atoms. The van der Waals surface area contributed by atoms with Crippen LogP contribution < -0.4 is 10.6 Å². The number of unbranched alkanes of at least 4 members (excludes halogenated alkanes) is 2. The van der Waals surface area contributed by atoms with Crippen LogP contribution in [-0.2, 0) is 0 Å². The van der Waals surface area contributed by atoms with Crippen molar-refractivity contribution in [1.29, 1.82) is 0 Å². The Bertz CT molecular complexity index is 718. The van der Waals surface area contributed by atoms with Gasteiger partial charge in [-0.25, -0.2) is 9.97 Å². The maximum Gasteiger partial charge on any atom is 0.270 e. The number of rotatable bonds is 7. The van der Waals surface area contributed by atoms with Gasteiger partial charge in [0.1, 0.15) is 5.69 Å². The number of nitrogens with zero attached hydrogens (tertiary/aromatic N) is 2. The van der Waals surface area contributed by atoms with Gasteiger partial charge in [0.25, 0.3) is 5.91 Å². The van der Waals surface area contributed by atoms with Gasteiger partial charge in [0.15, 0.2) is 0 Å². The zero-order valence-electron chi connectivity index (χ0n) is 14.3. The molecular weight excluding hydrogens is 368 g/mol. The smallest absolute Gasteiger partial charge is 0.270 e. The Morgan fingerprint density at radius 1 is 1.17 bits per heavy atom. The molecule has 128 valence electrons. The Balaban J connectivity index is 2.11. The molecule has 2 N–H and O–H groups in total. The van der Waals surface area contributed by atoms with Crippen molar-refractivity contribution in [2.45, 2.75) is 40.0 Å². The van der Waals surface area contributed by atoms with E-state index >= 15 is 0 Å². The predicted molar refractivity (Wildman–Crippen MR) is 101 cm³/mol. The van der Waals surface area contributed by atoms with E-state index in [-0.39, 0.29) is 5.91 Å². The maximum absolute atomic E-state index is 12.2. The molecule has 0 radical (unpaired) electrons. The van der Waals surface area contributed by atoms with Crippen LogP contribution in [0.5, 0.6) is 0 Å². The van der Waals surface area contributed by atoms with E-state index in [1.54, 1.807) is 6.07 Å². The van der Waals surface area contributed by atoms with Gasteiger partial charge in [0.2, 0.25) is 5.95 Å². The molecule has 0 aliphatic rings. The number of hydrogen-bond donors (Lipinski definition) is 2. The van der Waals surface area contributed by atoms with E-state index in [1.807, 2.05) is 32.0 Å². The molecule has 0 saturated carbocycles. The summed E-state index contributed by atoms with van der Waals surface area (Å²) in [4.78, 5) is 20.9. The van der Waals surface area contributed by atoms with Crippen molar-refractivity contribution in [3.63, 3.8) is 0 Å². The average Bonchev–Trinajstić information content (AvgIpc) is 2.53. The van der Waals surface area contributed by atoms with Crippen LogP contribution in [0.25, 0.3) is 0 Å². The predicted octanol–water partition coefficient (Wildman–Crippen LogP) is 4.52. The van der Waals surface area contributed by atoms with Gasteiger partial charge in [0.05, 0.1) is 5.69 Å². The van der Waals surface area contributed by atoms with Crippen molar-refractivity contribution in [2.24, 2.45) is 0 Å². The van der Waals surface area contributed by atoms with E-state index in [0.717, 1.165) is 40.7 Å². The molecule has 1 heterocycles. The standard InChI is InChI=1S/C18H23BrN4O/c1-4-5-6-9-20-17(24)16-11-13(3)21-18(23-16)22-15-8-7-12(2)10-14(15)19/h7-8,10-11H,4-6,9H2,1-3H3,(H,20,24)(H,21,22,23). The largest absolute Gasteiger partial charge is 0.351 e. The lowest BCUT2D eigenvalue weighted by Crippen LogP contribution is -2.26. The molecule has 1 aromatic heterocycles. The molecule has 0 saturated heterocycles. The second-order valence-corrected chi connectivity index (χ2v) is 6.64. The zero-order chi connectivity index (χ0) is 17.5. The lowest BCUT2D eigenvalue weighted by Gasteiger charge is -2.10. The number of aryl methyl sites for hydroxylation is 2. The van der Waals surface area contributed by atoms with Gasteiger partial charge in [0, 0.05) is 16.7 Å². The summed E-state index contributed by atoms with van der Waals surface area (Å²) in [5.41, 5.74) is 3.14. The fourth-order valence-electron chi connectivity index (χ4n) is 2.25. The third-order valence-electron chi connectivity index (χ3n) is 3.52. The highest BCUT2D eigenvalue weighted by Gasteiger charge is 2.11. The lowest BCUT2D eigenvalue weighted by molar-refractivity contribution is 0.0948. The minimum atomic E-state index is -0.164. The number of carbonyl (C=O) groups excluding carboxylic acids is 1. The second kappa shape index (κ2) is 8.78. The fraction of sp³-hybridized carbons (Fsp3) is 0.389. The zero-order valence-corrected chi connectivity index (χ0v) is 15.9. The first-order valence-electron chi connectivity index (χ1n) is 8.16. The van der Waals surface area contributed by atoms with Gasteiger partial charge in [-0.05, 0) is 60.0 Å². The fourth-order valence-corrected chi connectivity index (χ4v) is 2.84. The van der Waals surface area contributed by atoms with Crippen LogP contribution in [-0.4, -0.2) is 22.4 Å². The van der Waals surface area contributed by atoms with Crippen LogP contribution in [0.15, 0.2) is 28.7 Å². The molecule has 0 bridgehead atoms. The highest BCUT2D eigenvalue weighted by atomic mass is 79.9. The molecule has 0 unspecified atom stereocenters.